The molecule has 3 saturated carbocycles. The third-order valence-corrected chi connectivity index (χ3v) is 8.00. The van der Waals surface area contributed by atoms with Crippen LogP contribution in [0.5, 0.6) is 0 Å². The summed E-state index contributed by atoms with van der Waals surface area (Å²) in [5.74, 6) is 0.554. The second-order valence-corrected chi connectivity index (χ2v) is 9.42. The maximum absolute atomic E-state index is 12.9. The number of carbonyl (C=O) groups excluding carboxylic acids is 1. The van der Waals surface area contributed by atoms with E-state index in [-0.39, 0.29) is 26.9 Å². The average Bonchev–Trinajstić information content (AvgIpc) is 2.55. The van der Waals surface area contributed by atoms with Gasteiger partial charge in [-0.05, 0) is 53.4 Å². The average molecular weight is 332 g/mol. The zero-order valence-corrected chi connectivity index (χ0v) is 14.3. The highest BCUT2D eigenvalue weighted by atomic mass is 32.2. The van der Waals surface area contributed by atoms with E-state index in [9.17, 15) is 13.2 Å². The van der Waals surface area contributed by atoms with Gasteiger partial charge in [0.2, 0.25) is 0 Å². The van der Waals surface area contributed by atoms with Crippen molar-refractivity contribution in [2.24, 2.45) is 22.2 Å². The highest BCUT2D eigenvalue weighted by molar-refractivity contribution is 7.85. The van der Waals surface area contributed by atoms with Crippen molar-refractivity contribution < 1.29 is 17.8 Å². The third-order valence-electron chi connectivity index (χ3n) is 7.13. The van der Waals surface area contributed by atoms with E-state index in [1.165, 1.54) is 12.1 Å². The number of allylic oxidation sites excluding steroid dienone is 1. The van der Waals surface area contributed by atoms with Crippen LogP contribution < -0.4 is 0 Å². The Morgan fingerprint density at radius 2 is 1.78 bits per heavy atom. The summed E-state index contributed by atoms with van der Waals surface area (Å²) in [5, 5.41) is 0. The molecule has 4 nitrogen and oxygen atoms in total. The molecule has 4 atom stereocenters. The fraction of sp³-hybridized carbons (Fsp3) is 0.500. The summed E-state index contributed by atoms with van der Waals surface area (Å²) in [6.07, 6.45) is 3.92. The topological polar surface area (TPSA) is 71.4 Å². The first-order valence-electron chi connectivity index (χ1n) is 7.87. The Bertz CT molecular complexity index is 867. The summed E-state index contributed by atoms with van der Waals surface area (Å²) in [6.45, 7) is 6.61. The summed E-state index contributed by atoms with van der Waals surface area (Å²) >= 11 is 0. The van der Waals surface area contributed by atoms with Gasteiger partial charge in [0.1, 0.15) is 0 Å². The number of benzene rings is 1. The first-order chi connectivity index (χ1) is 10.5. The molecule has 3 aliphatic carbocycles. The molecule has 3 aliphatic rings. The van der Waals surface area contributed by atoms with E-state index in [2.05, 4.69) is 20.8 Å². The SMILES string of the molecule is CC12CC3/C(=C/c4ccc(S(=O)(=O)O)cc4)C(=O)C(C)(C1)C32C. The van der Waals surface area contributed by atoms with Crippen molar-refractivity contribution >= 4 is 22.0 Å². The Kier molecular flexibility index (Phi) is 2.59. The number of rotatable bonds is 2. The van der Waals surface area contributed by atoms with Crippen LogP contribution in [0.4, 0.5) is 0 Å². The molecule has 1 aromatic rings. The lowest BCUT2D eigenvalue weighted by Crippen LogP contribution is -2.70. The minimum Gasteiger partial charge on any atom is -0.294 e. The predicted molar refractivity (Wildman–Crippen MR) is 86.3 cm³/mol. The van der Waals surface area contributed by atoms with Crippen LogP contribution in [0.1, 0.15) is 39.2 Å². The van der Waals surface area contributed by atoms with Crippen molar-refractivity contribution in [2.75, 3.05) is 0 Å². The van der Waals surface area contributed by atoms with Gasteiger partial charge in [-0.3, -0.25) is 9.35 Å². The van der Waals surface area contributed by atoms with Gasteiger partial charge in [0, 0.05) is 11.0 Å². The van der Waals surface area contributed by atoms with Crippen LogP contribution in [0.3, 0.4) is 0 Å². The van der Waals surface area contributed by atoms with Crippen LogP contribution >= 0.6 is 0 Å². The largest absolute Gasteiger partial charge is 0.294 e. The molecule has 0 radical (unpaired) electrons. The lowest BCUT2D eigenvalue weighted by atomic mass is 9.28. The van der Waals surface area contributed by atoms with Gasteiger partial charge in [0.25, 0.3) is 10.1 Å². The van der Waals surface area contributed by atoms with Crippen molar-refractivity contribution in [3.8, 4) is 0 Å². The maximum atomic E-state index is 12.9. The number of hydrogen-bond donors (Lipinski definition) is 1. The van der Waals surface area contributed by atoms with Crippen LogP contribution in [-0.2, 0) is 14.9 Å². The number of Topliss-reactive ketones (excluding diaryl/α,β-unsaturated/α-hetero) is 1. The number of ketones is 1. The van der Waals surface area contributed by atoms with Gasteiger partial charge >= 0.3 is 0 Å². The molecule has 1 aromatic carbocycles. The smallest absolute Gasteiger partial charge is 0.294 e. The van der Waals surface area contributed by atoms with Gasteiger partial charge in [0.05, 0.1) is 4.90 Å². The Balaban J connectivity index is 1.72. The molecule has 0 aliphatic heterocycles. The maximum Gasteiger partial charge on any atom is 0.294 e. The van der Waals surface area contributed by atoms with E-state index in [4.69, 9.17) is 4.55 Å². The summed E-state index contributed by atoms with van der Waals surface area (Å²) in [4.78, 5) is 12.8. The molecule has 1 N–H and O–H groups in total. The Morgan fingerprint density at radius 1 is 1.17 bits per heavy atom. The van der Waals surface area contributed by atoms with E-state index in [0.29, 0.717) is 5.92 Å². The molecule has 3 fully saturated rings. The molecule has 0 aromatic heterocycles. The molecule has 4 unspecified atom stereocenters. The fourth-order valence-corrected chi connectivity index (χ4v) is 6.10. The zero-order chi connectivity index (χ0) is 16.8. The molecule has 4 rings (SSSR count). The van der Waals surface area contributed by atoms with Crippen LogP contribution in [0.25, 0.3) is 6.08 Å². The second-order valence-electron chi connectivity index (χ2n) is 8.00. The molecule has 122 valence electrons. The quantitative estimate of drug-likeness (QED) is 0.666. The molecule has 0 heterocycles. The van der Waals surface area contributed by atoms with Crippen molar-refractivity contribution in [3.05, 3.63) is 35.4 Å². The Hall–Kier alpha value is -1.46. The first-order valence-corrected chi connectivity index (χ1v) is 9.31. The van der Waals surface area contributed by atoms with E-state index in [1.54, 1.807) is 12.1 Å². The molecular weight excluding hydrogens is 312 g/mol. The summed E-state index contributed by atoms with van der Waals surface area (Å²) < 4.78 is 31.2. The molecule has 5 heteroatoms. The minimum atomic E-state index is -4.18. The summed E-state index contributed by atoms with van der Waals surface area (Å²) in [5.41, 5.74) is 1.78. The highest BCUT2D eigenvalue weighted by Crippen LogP contribution is 2.86. The van der Waals surface area contributed by atoms with Gasteiger partial charge < -0.3 is 0 Å². The monoisotopic (exact) mass is 332 g/mol. The molecule has 0 bridgehead atoms. The van der Waals surface area contributed by atoms with Crippen LogP contribution in [0.15, 0.2) is 34.7 Å². The molecule has 0 saturated heterocycles. The van der Waals surface area contributed by atoms with Gasteiger partial charge in [-0.1, -0.05) is 32.9 Å². The van der Waals surface area contributed by atoms with Gasteiger partial charge in [-0.2, -0.15) is 8.42 Å². The van der Waals surface area contributed by atoms with Gasteiger partial charge in [-0.25, -0.2) is 0 Å². The van der Waals surface area contributed by atoms with Gasteiger partial charge in [0.15, 0.2) is 5.78 Å². The molecule has 0 spiro atoms. The van der Waals surface area contributed by atoms with Crippen molar-refractivity contribution in [2.45, 2.75) is 38.5 Å². The van der Waals surface area contributed by atoms with E-state index >= 15 is 0 Å². The molecule has 23 heavy (non-hydrogen) atoms. The summed E-state index contributed by atoms with van der Waals surface area (Å²) in [6, 6.07) is 5.99. The second kappa shape index (κ2) is 3.95. The van der Waals surface area contributed by atoms with Crippen LogP contribution in [0, 0.1) is 22.2 Å². The lowest BCUT2D eigenvalue weighted by Gasteiger charge is -2.74. The van der Waals surface area contributed by atoms with E-state index in [1.807, 2.05) is 6.08 Å². The Morgan fingerprint density at radius 3 is 2.26 bits per heavy atom. The highest BCUT2D eigenvalue weighted by Gasteiger charge is 2.83. The zero-order valence-electron chi connectivity index (χ0n) is 13.5. The van der Waals surface area contributed by atoms with Crippen LogP contribution in [0.2, 0.25) is 0 Å². The van der Waals surface area contributed by atoms with Crippen molar-refractivity contribution in [1.29, 1.82) is 0 Å². The van der Waals surface area contributed by atoms with Crippen LogP contribution in [-0.4, -0.2) is 18.8 Å². The standard InChI is InChI=1S/C18H20O4S/c1-16-9-14-13(15(19)17(2,10-16)18(14,16)3)8-11-4-6-12(7-5-11)23(20,21)22/h4-8,14H,9-10H2,1-3H3,(H,20,21,22)/b13-8-. The van der Waals surface area contributed by atoms with Crippen molar-refractivity contribution in [1.82, 2.24) is 0 Å². The van der Waals surface area contributed by atoms with Gasteiger partial charge in [-0.15, -0.1) is 0 Å². The van der Waals surface area contributed by atoms with E-state index in [0.717, 1.165) is 24.0 Å². The summed E-state index contributed by atoms with van der Waals surface area (Å²) in [7, 11) is -4.18. The van der Waals surface area contributed by atoms with Crippen molar-refractivity contribution in [3.63, 3.8) is 0 Å². The number of carbonyl (C=O) groups is 1. The number of hydrogen-bond acceptors (Lipinski definition) is 3. The fourth-order valence-electron chi connectivity index (χ4n) is 5.62. The predicted octanol–water partition coefficient (Wildman–Crippen LogP) is 3.34. The third kappa shape index (κ3) is 1.55. The normalized spacial score (nSPS) is 43.0. The first kappa shape index (κ1) is 15.1. The Labute approximate surface area is 136 Å². The molecular formula is C18H20O4S. The lowest BCUT2D eigenvalue weighted by molar-refractivity contribution is -0.262. The minimum absolute atomic E-state index is 0.0668. The van der Waals surface area contributed by atoms with E-state index < -0.39 is 10.1 Å². The molecule has 0 amide bonds.